The molecule has 0 amide bonds. The Hall–Kier alpha value is -2.61. The number of aryl methyl sites for hydroxylation is 3. The summed E-state index contributed by atoms with van der Waals surface area (Å²) in [5, 5.41) is 11.9. The molecule has 0 fully saturated rings. The summed E-state index contributed by atoms with van der Waals surface area (Å²) in [4.78, 5) is 12.1. The Balaban J connectivity index is 1.99. The number of rotatable bonds is 4. The number of para-hydroxylation sites is 1. The maximum Gasteiger partial charge on any atom is 0.369 e. The highest BCUT2D eigenvalue weighted by atomic mass is 35.5. The molecule has 0 saturated heterocycles. The van der Waals surface area contributed by atoms with Gasteiger partial charge in [-0.3, -0.25) is 0 Å². The van der Waals surface area contributed by atoms with E-state index in [4.69, 9.17) is 16.3 Å². The lowest BCUT2D eigenvalue weighted by molar-refractivity contribution is 0.303. The maximum absolute atomic E-state index is 12.1. The van der Waals surface area contributed by atoms with Crippen LogP contribution in [0, 0.1) is 6.92 Å². The molecule has 3 rings (SSSR count). The molecule has 0 unspecified atom stereocenters. The first-order chi connectivity index (χ1) is 11.0. The second-order valence-electron chi connectivity index (χ2n) is 5.07. The van der Waals surface area contributed by atoms with Crippen molar-refractivity contribution >= 4 is 11.6 Å². The Morgan fingerprint density at radius 2 is 1.91 bits per heavy atom. The molecule has 0 atom stereocenters. The molecule has 120 valence electrons. The third-order valence-electron chi connectivity index (χ3n) is 3.45. The molecule has 0 radical (unpaired) electrons. The summed E-state index contributed by atoms with van der Waals surface area (Å²) in [5.41, 5.74) is 1.19. The van der Waals surface area contributed by atoms with Crippen LogP contribution >= 0.6 is 11.6 Å². The fourth-order valence-corrected chi connectivity index (χ4v) is 2.48. The van der Waals surface area contributed by atoms with Crippen molar-refractivity contribution < 1.29 is 4.74 Å². The van der Waals surface area contributed by atoms with Gasteiger partial charge in [-0.25, -0.2) is 9.48 Å². The van der Waals surface area contributed by atoms with E-state index in [0.717, 1.165) is 20.7 Å². The van der Waals surface area contributed by atoms with Gasteiger partial charge in [-0.05, 0) is 29.0 Å². The molecular weight excluding hydrogens is 320 g/mol. The van der Waals surface area contributed by atoms with Crippen molar-refractivity contribution in [1.29, 1.82) is 0 Å². The smallest absolute Gasteiger partial charge is 0.369 e. The highest BCUT2D eigenvalue weighted by Crippen LogP contribution is 2.24. The monoisotopic (exact) mass is 334 g/mol. The fourth-order valence-electron chi connectivity index (χ4n) is 2.23. The van der Waals surface area contributed by atoms with Gasteiger partial charge in [0.05, 0.1) is 5.56 Å². The Labute approximate surface area is 136 Å². The minimum Gasteiger partial charge on any atom is -0.488 e. The SMILES string of the molecule is Cc1ccccc1OCc1c(Cl)nn(C)c1-n1nnn(C)c1=O. The van der Waals surface area contributed by atoms with Crippen LogP contribution in [-0.4, -0.2) is 29.6 Å². The van der Waals surface area contributed by atoms with E-state index < -0.39 is 0 Å². The van der Waals surface area contributed by atoms with Crippen molar-refractivity contribution in [3.63, 3.8) is 0 Å². The van der Waals surface area contributed by atoms with Crippen molar-refractivity contribution in [2.45, 2.75) is 13.5 Å². The van der Waals surface area contributed by atoms with Crippen LogP contribution in [0.1, 0.15) is 11.1 Å². The molecule has 0 N–H and O–H groups in total. The first-order valence-corrected chi connectivity index (χ1v) is 7.26. The quantitative estimate of drug-likeness (QED) is 0.717. The first kappa shape index (κ1) is 15.3. The Kier molecular flexibility index (Phi) is 3.91. The summed E-state index contributed by atoms with van der Waals surface area (Å²) in [6.07, 6.45) is 0. The highest BCUT2D eigenvalue weighted by molar-refractivity contribution is 6.30. The topological polar surface area (TPSA) is 79.8 Å². The summed E-state index contributed by atoms with van der Waals surface area (Å²) >= 11 is 6.18. The molecule has 23 heavy (non-hydrogen) atoms. The number of benzene rings is 1. The van der Waals surface area contributed by atoms with Crippen molar-refractivity contribution in [1.82, 2.24) is 29.6 Å². The summed E-state index contributed by atoms with van der Waals surface area (Å²) in [6, 6.07) is 7.65. The second-order valence-corrected chi connectivity index (χ2v) is 5.43. The third-order valence-corrected chi connectivity index (χ3v) is 3.75. The Morgan fingerprint density at radius 1 is 1.17 bits per heavy atom. The van der Waals surface area contributed by atoms with E-state index in [9.17, 15) is 4.79 Å². The molecule has 8 nitrogen and oxygen atoms in total. The number of nitrogens with zero attached hydrogens (tertiary/aromatic N) is 6. The van der Waals surface area contributed by atoms with Crippen LogP contribution in [0.3, 0.4) is 0 Å². The van der Waals surface area contributed by atoms with Crippen LogP contribution in [0.2, 0.25) is 5.15 Å². The Bertz CT molecular complexity index is 910. The lowest BCUT2D eigenvalue weighted by Gasteiger charge is -2.09. The van der Waals surface area contributed by atoms with Crippen molar-refractivity contribution in [2.75, 3.05) is 0 Å². The normalized spacial score (nSPS) is 11.0. The summed E-state index contributed by atoms with van der Waals surface area (Å²) < 4.78 is 9.58. The van der Waals surface area contributed by atoms with Gasteiger partial charge in [-0.1, -0.05) is 29.8 Å². The van der Waals surface area contributed by atoms with Crippen LogP contribution in [-0.2, 0) is 20.7 Å². The Morgan fingerprint density at radius 3 is 2.57 bits per heavy atom. The summed E-state index contributed by atoms with van der Waals surface area (Å²) in [6.45, 7) is 2.12. The van der Waals surface area contributed by atoms with E-state index in [1.165, 1.54) is 11.7 Å². The van der Waals surface area contributed by atoms with Gasteiger partial charge in [0.25, 0.3) is 0 Å². The van der Waals surface area contributed by atoms with Crippen LogP contribution < -0.4 is 10.4 Å². The summed E-state index contributed by atoms with van der Waals surface area (Å²) in [7, 11) is 3.20. The van der Waals surface area contributed by atoms with Crippen molar-refractivity contribution in [2.24, 2.45) is 14.1 Å². The van der Waals surface area contributed by atoms with E-state index in [-0.39, 0.29) is 17.4 Å². The van der Waals surface area contributed by atoms with Gasteiger partial charge in [-0.15, -0.1) is 4.68 Å². The largest absolute Gasteiger partial charge is 0.488 e. The molecule has 0 aliphatic carbocycles. The minimum atomic E-state index is -0.387. The van der Waals surface area contributed by atoms with Gasteiger partial charge in [0, 0.05) is 14.1 Å². The molecule has 1 aromatic carbocycles. The molecule has 2 heterocycles. The van der Waals surface area contributed by atoms with Crippen LogP contribution in [0.4, 0.5) is 0 Å². The molecule has 0 spiro atoms. The zero-order valence-corrected chi connectivity index (χ0v) is 13.7. The van der Waals surface area contributed by atoms with Crippen LogP contribution in [0.5, 0.6) is 5.75 Å². The molecule has 3 aromatic rings. The zero-order chi connectivity index (χ0) is 16.6. The van der Waals surface area contributed by atoms with Gasteiger partial charge in [-0.2, -0.15) is 9.78 Å². The third kappa shape index (κ3) is 2.72. The standard InChI is InChI=1S/C14H15ClN6O2/c1-9-6-4-5-7-11(9)23-8-10-12(15)16-19(2)13(10)21-14(22)20(3)17-18-21/h4-7H,8H2,1-3H3. The van der Waals surface area contributed by atoms with E-state index >= 15 is 0 Å². The van der Waals surface area contributed by atoms with Crippen LogP contribution in [0.25, 0.3) is 5.82 Å². The number of aromatic nitrogens is 6. The molecule has 9 heteroatoms. The van der Waals surface area contributed by atoms with E-state index in [1.54, 1.807) is 7.05 Å². The van der Waals surface area contributed by atoms with Gasteiger partial charge in [0.1, 0.15) is 12.4 Å². The van der Waals surface area contributed by atoms with E-state index in [2.05, 4.69) is 15.5 Å². The zero-order valence-electron chi connectivity index (χ0n) is 12.9. The number of halogens is 1. The molecule has 2 aromatic heterocycles. The average molecular weight is 335 g/mol. The highest BCUT2D eigenvalue weighted by Gasteiger charge is 2.21. The lowest BCUT2D eigenvalue weighted by atomic mass is 10.2. The number of tetrazole rings is 1. The minimum absolute atomic E-state index is 0.163. The molecule has 0 aliphatic rings. The molecule has 0 bridgehead atoms. The van der Waals surface area contributed by atoms with Crippen molar-refractivity contribution in [3.05, 3.63) is 51.0 Å². The lowest BCUT2D eigenvalue weighted by Crippen LogP contribution is -2.24. The fraction of sp³-hybridized carbons (Fsp3) is 0.286. The maximum atomic E-state index is 12.1. The first-order valence-electron chi connectivity index (χ1n) is 6.88. The molecule has 0 aliphatic heterocycles. The van der Waals surface area contributed by atoms with E-state index in [1.807, 2.05) is 31.2 Å². The van der Waals surface area contributed by atoms with Crippen molar-refractivity contribution in [3.8, 4) is 11.6 Å². The predicted octanol–water partition coefficient (Wildman–Crippen LogP) is 1.24. The molecule has 0 saturated carbocycles. The van der Waals surface area contributed by atoms with Crippen LogP contribution in [0.15, 0.2) is 29.1 Å². The number of hydrogen-bond acceptors (Lipinski definition) is 5. The van der Waals surface area contributed by atoms with Gasteiger partial charge in [0.15, 0.2) is 11.0 Å². The molecular formula is C14H15ClN6O2. The van der Waals surface area contributed by atoms with Gasteiger partial charge < -0.3 is 4.74 Å². The number of ether oxygens (including phenoxy) is 1. The summed E-state index contributed by atoms with van der Waals surface area (Å²) in [5.74, 6) is 1.17. The van der Waals surface area contributed by atoms with Gasteiger partial charge >= 0.3 is 5.69 Å². The number of hydrogen-bond donors (Lipinski definition) is 0. The second kappa shape index (κ2) is 5.88. The van der Waals surface area contributed by atoms with Gasteiger partial charge in [0.2, 0.25) is 0 Å². The predicted molar refractivity (Wildman–Crippen MR) is 83.9 cm³/mol. The average Bonchev–Trinajstić information content (AvgIpc) is 2.98. The van der Waals surface area contributed by atoms with E-state index in [0.29, 0.717) is 11.4 Å².